The Labute approximate surface area is 186 Å². The molecule has 29 heavy (non-hydrogen) atoms. The molecule has 0 spiro atoms. The van der Waals surface area contributed by atoms with Gasteiger partial charge in [0.15, 0.2) is 0 Å². The molecule has 0 unspecified atom stereocenters. The average Bonchev–Trinajstić information content (AvgIpc) is 2.72. The lowest BCUT2D eigenvalue weighted by Gasteiger charge is -2.16. The molecule has 2 rings (SSSR count). The molecule has 0 aliphatic rings. The van der Waals surface area contributed by atoms with Crippen LogP contribution in [0.2, 0.25) is 0 Å². The lowest BCUT2D eigenvalue weighted by molar-refractivity contribution is 0.0588. The number of methoxy groups -OCH3 is 4. The maximum absolute atomic E-state index is 12.2. The highest BCUT2D eigenvalue weighted by atomic mass is 79.9. The molecule has 0 saturated heterocycles. The zero-order valence-electron chi connectivity index (χ0n) is 16.6. The molecule has 2 aromatic rings. The van der Waals surface area contributed by atoms with E-state index in [0.29, 0.717) is 20.4 Å². The summed E-state index contributed by atoms with van der Waals surface area (Å²) in [6.07, 6.45) is 1.88. The SMILES string of the molecule is CC=C(c1cc(Br)c(OC)c(C(=O)OC)c1)c1cc(Br)c(OC)c(C(=O)OC)c1. The van der Waals surface area contributed by atoms with Gasteiger partial charge in [-0.3, -0.25) is 0 Å². The largest absolute Gasteiger partial charge is 0.495 e. The van der Waals surface area contributed by atoms with Gasteiger partial charge < -0.3 is 18.9 Å². The van der Waals surface area contributed by atoms with Gasteiger partial charge in [-0.05, 0) is 79.7 Å². The fraction of sp³-hybridized carbons (Fsp3) is 0.238. The van der Waals surface area contributed by atoms with Gasteiger partial charge in [0.05, 0.1) is 37.4 Å². The summed E-state index contributed by atoms with van der Waals surface area (Å²) >= 11 is 6.90. The predicted molar refractivity (Wildman–Crippen MR) is 117 cm³/mol. The Kier molecular flexibility index (Phi) is 7.87. The summed E-state index contributed by atoms with van der Waals surface area (Å²) in [6.45, 7) is 1.86. The van der Waals surface area contributed by atoms with Crippen molar-refractivity contribution in [2.24, 2.45) is 0 Å². The molecular formula is C21H20Br2O6. The Morgan fingerprint density at radius 1 is 0.759 bits per heavy atom. The molecule has 0 aromatic heterocycles. The maximum Gasteiger partial charge on any atom is 0.341 e. The first kappa shape index (κ1) is 23.0. The molecular weight excluding hydrogens is 508 g/mol. The van der Waals surface area contributed by atoms with Crippen molar-refractivity contribution in [1.29, 1.82) is 0 Å². The number of hydrogen-bond donors (Lipinski definition) is 0. The van der Waals surface area contributed by atoms with E-state index in [0.717, 1.165) is 16.7 Å². The molecule has 0 radical (unpaired) electrons. The van der Waals surface area contributed by atoms with E-state index in [2.05, 4.69) is 31.9 Å². The lowest BCUT2D eigenvalue weighted by Crippen LogP contribution is -2.07. The van der Waals surface area contributed by atoms with Gasteiger partial charge in [-0.1, -0.05) is 6.08 Å². The summed E-state index contributed by atoms with van der Waals surface area (Å²) in [5.74, 6) is -0.290. The molecule has 6 nitrogen and oxygen atoms in total. The molecule has 0 heterocycles. The Hall–Kier alpha value is -2.32. The highest BCUT2D eigenvalue weighted by Gasteiger charge is 2.22. The molecule has 0 aliphatic carbocycles. The second-order valence-electron chi connectivity index (χ2n) is 5.76. The first-order valence-corrected chi connectivity index (χ1v) is 10.00. The van der Waals surface area contributed by atoms with Gasteiger partial charge >= 0.3 is 11.9 Å². The highest BCUT2D eigenvalue weighted by molar-refractivity contribution is 9.11. The Balaban J connectivity index is 2.72. The lowest BCUT2D eigenvalue weighted by atomic mass is 9.94. The third kappa shape index (κ3) is 4.64. The minimum absolute atomic E-state index is 0.277. The third-order valence-electron chi connectivity index (χ3n) is 4.22. The molecule has 8 heteroatoms. The second-order valence-corrected chi connectivity index (χ2v) is 7.47. The standard InChI is InChI=1S/C21H20Br2O6/c1-6-13(11-7-14(20(24)28-4)18(26-2)16(22)9-11)12-8-15(21(25)29-5)19(27-3)17(23)10-12/h6-10H,1-5H3. The molecule has 154 valence electrons. The van der Waals surface area contributed by atoms with E-state index >= 15 is 0 Å². The minimum Gasteiger partial charge on any atom is -0.495 e. The number of esters is 2. The summed E-state index contributed by atoms with van der Waals surface area (Å²) in [5.41, 5.74) is 2.80. The van der Waals surface area contributed by atoms with Crippen LogP contribution in [0.3, 0.4) is 0 Å². The predicted octanol–water partition coefficient (Wildman–Crippen LogP) is 5.25. The van der Waals surface area contributed by atoms with E-state index in [1.807, 2.05) is 25.1 Å². The van der Waals surface area contributed by atoms with Gasteiger partial charge in [-0.15, -0.1) is 0 Å². The fourth-order valence-corrected chi connectivity index (χ4v) is 4.18. The number of ether oxygens (including phenoxy) is 4. The maximum atomic E-state index is 12.2. The summed E-state index contributed by atoms with van der Waals surface area (Å²) in [7, 11) is 5.57. The topological polar surface area (TPSA) is 71.1 Å². The summed E-state index contributed by atoms with van der Waals surface area (Å²) in [4.78, 5) is 24.5. The van der Waals surface area contributed by atoms with Gasteiger partial charge in [0.25, 0.3) is 0 Å². The number of benzene rings is 2. The summed E-state index contributed by atoms with van der Waals surface area (Å²) in [6, 6.07) is 7.02. The minimum atomic E-state index is -0.522. The van der Waals surface area contributed by atoms with Gasteiger partial charge in [0.2, 0.25) is 0 Å². The van der Waals surface area contributed by atoms with Crippen LogP contribution in [0.15, 0.2) is 39.3 Å². The van der Waals surface area contributed by atoms with Crippen molar-refractivity contribution in [2.75, 3.05) is 28.4 Å². The van der Waals surface area contributed by atoms with Crippen LogP contribution in [-0.2, 0) is 9.47 Å². The fourth-order valence-electron chi connectivity index (χ4n) is 2.94. The molecule has 0 saturated carbocycles. The van der Waals surface area contributed by atoms with Crippen LogP contribution in [0.4, 0.5) is 0 Å². The van der Waals surface area contributed by atoms with Crippen LogP contribution in [0, 0.1) is 0 Å². The zero-order chi connectivity index (χ0) is 21.7. The van der Waals surface area contributed by atoms with E-state index < -0.39 is 11.9 Å². The van der Waals surface area contributed by atoms with E-state index in [-0.39, 0.29) is 11.1 Å². The van der Waals surface area contributed by atoms with Gasteiger partial charge in [-0.25, -0.2) is 9.59 Å². The van der Waals surface area contributed by atoms with E-state index in [4.69, 9.17) is 18.9 Å². The van der Waals surface area contributed by atoms with Crippen molar-refractivity contribution in [3.63, 3.8) is 0 Å². The molecule has 0 amide bonds. The Morgan fingerprint density at radius 3 is 1.41 bits per heavy atom. The zero-order valence-corrected chi connectivity index (χ0v) is 19.8. The van der Waals surface area contributed by atoms with Crippen molar-refractivity contribution in [1.82, 2.24) is 0 Å². The first-order chi connectivity index (χ1) is 13.8. The number of hydrogen-bond acceptors (Lipinski definition) is 6. The number of carbonyl (C=O) groups excluding carboxylic acids is 2. The molecule has 0 aliphatic heterocycles. The van der Waals surface area contributed by atoms with Crippen molar-refractivity contribution >= 4 is 49.4 Å². The van der Waals surface area contributed by atoms with Crippen LogP contribution in [0.5, 0.6) is 11.5 Å². The Bertz CT molecular complexity index is 906. The number of carbonyl (C=O) groups is 2. The van der Waals surface area contributed by atoms with E-state index in [9.17, 15) is 9.59 Å². The van der Waals surface area contributed by atoms with Crippen LogP contribution >= 0.6 is 31.9 Å². The molecule has 0 bridgehead atoms. The smallest absolute Gasteiger partial charge is 0.341 e. The first-order valence-electron chi connectivity index (χ1n) is 8.41. The van der Waals surface area contributed by atoms with Crippen molar-refractivity contribution in [3.8, 4) is 11.5 Å². The number of rotatable bonds is 6. The van der Waals surface area contributed by atoms with Crippen LogP contribution < -0.4 is 9.47 Å². The van der Waals surface area contributed by atoms with Crippen molar-refractivity contribution < 1.29 is 28.5 Å². The number of allylic oxidation sites excluding steroid dienone is 1. The van der Waals surface area contributed by atoms with Gasteiger partial charge in [0, 0.05) is 0 Å². The molecule has 0 fully saturated rings. The van der Waals surface area contributed by atoms with Crippen molar-refractivity contribution in [3.05, 3.63) is 61.5 Å². The molecule has 0 N–H and O–H groups in total. The molecule has 2 aromatic carbocycles. The van der Waals surface area contributed by atoms with Gasteiger partial charge in [-0.2, -0.15) is 0 Å². The normalized spacial score (nSPS) is 10.2. The van der Waals surface area contributed by atoms with E-state index in [1.54, 1.807) is 12.1 Å². The number of halogens is 2. The van der Waals surface area contributed by atoms with Crippen LogP contribution in [-0.4, -0.2) is 40.4 Å². The summed E-state index contributed by atoms with van der Waals surface area (Å²) < 4.78 is 21.6. The monoisotopic (exact) mass is 526 g/mol. The molecule has 0 atom stereocenters. The van der Waals surface area contributed by atoms with Crippen LogP contribution in [0.1, 0.15) is 38.8 Å². The average molecular weight is 528 g/mol. The Morgan fingerprint density at radius 2 is 1.14 bits per heavy atom. The van der Waals surface area contributed by atoms with E-state index in [1.165, 1.54) is 28.4 Å². The third-order valence-corrected chi connectivity index (χ3v) is 5.39. The summed E-state index contributed by atoms with van der Waals surface area (Å²) in [5, 5.41) is 0. The quantitative estimate of drug-likeness (QED) is 0.477. The van der Waals surface area contributed by atoms with Crippen molar-refractivity contribution in [2.45, 2.75) is 6.92 Å². The second kappa shape index (κ2) is 9.93. The van der Waals surface area contributed by atoms with Gasteiger partial charge in [0.1, 0.15) is 22.6 Å². The highest BCUT2D eigenvalue weighted by Crippen LogP contribution is 2.38. The van der Waals surface area contributed by atoms with Crippen LogP contribution in [0.25, 0.3) is 5.57 Å².